The molecule has 1 saturated carbocycles. The van der Waals surface area contributed by atoms with Crippen LogP contribution >= 0.6 is 24.8 Å². The van der Waals surface area contributed by atoms with Crippen LogP contribution in [-0.4, -0.2) is 18.1 Å². The predicted molar refractivity (Wildman–Crippen MR) is 65.5 cm³/mol. The maximum Gasteiger partial charge on any atom is 0.0196 e. The Hall–Kier alpha value is 0.500. The van der Waals surface area contributed by atoms with Crippen molar-refractivity contribution in [3.8, 4) is 0 Å². The second-order valence-corrected chi connectivity index (χ2v) is 4.52. The van der Waals surface area contributed by atoms with Crippen LogP contribution in [0, 0.1) is 0 Å². The van der Waals surface area contributed by atoms with Crippen molar-refractivity contribution in [3.05, 3.63) is 0 Å². The van der Waals surface area contributed by atoms with E-state index >= 15 is 0 Å². The van der Waals surface area contributed by atoms with Gasteiger partial charge in [0, 0.05) is 11.6 Å². The highest BCUT2D eigenvalue weighted by Gasteiger charge is 2.35. The minimum atomic E-state index is 0. The van der Waals surface area contributed by atoms with Gasteiger partial charge < -0.3 is 11.1 Å². The molecule has 1 unspecified atom stereocenters. The van der Waals surface area contributed by atoms with Gasteiger partial charge >= 0.3 is 0 Å². The molecule has 0 aromatic heterocycles. The Balaban J connectivity index is 0.000000845. The van der Waals surface area contributed by atoms with Crippen LogP contribution in [0.4, 0.5) is 0 Å². The van der Waals surface area contributed by atoms with Gasteiger partial charge in [-0.3, -0.25) is 0 Å². The van der Waals surface area contributed by atoms with Crippen molar-refractivity contribution in [2.24, 2.45) is 5.73 Å². The highest BCUT2D eigenvalue weighted by Crippen LogP contribution is 2.33. The number of hydrogen-bond donors (Lipinski definition) is 2. The van der Waals surface area contributed by atoms with Crippen molar-refractivity contribution in [2.75, 3.05) is 6.54 Å². The molecule has 4 heteroatoms. The maximum atomic E-state index is 6.00. The van der Waals surface area contributed by atoms with E-state index in [1.54, 1.807) is 0 Å². The number of piperidine rings is 1. The van der Waals surface area contributed by atoms with Crippen LogP contribution in [-0.2, 0) is 0 Å². The van der Waals surface area contributed by atoms with Gasteiger partial charge in [-0.1, -0.05) is 19.3 Å². The Kier molecular flexibility index (Phi) is 6.38. The Morgan fingerprint density at radius 2 is 1.71 bits per heavy atom. The SMILES string of the molecule is Cl.Cl.NC1CCNC2(CCCCC2)C1. The fraction of sp³-hybridized carbons (Fsp3) is 1.00. The summed E-state index contributed by atoms with van der Waals surface area (Å²) in [5.74, 6) is 0. The normalized spacial score (nSPS) is 30.2. The standard InChI is InChI=1S/C10H20N2.2ClH/c11-9-4-7-12-10(8-9)5-2-1-3-6-10;;/h9,12H,1-8,11H2;2*1H. The van der Waals surface area contributed by atoms with E-state index in [0.29, 0.717) is 11.6 Å². The molecule has 2 rings (SSSR count). The van der Waals surface area contributed by atoms with Crippen LogP contribution < -0.4 is 11.1 Å². The molecular formula is C10H22Cl2N2. The van der Waals surface area contributed by atoms with Gasteiger partial charge in [-0.2, -0.15) is 0 Å². The molecule has 1 aliphatic carbocycles. The fourth-order valence-corrected chi connectivity index (χ4v) is 2.81. The first kappa shape index (κ1) is 14.5. The third-order valence-corrected chi connectivity index (χ3v) is 3.48. The number of nitrogens with one attached hydrogen (secondary N) is 1. The van der Waals surface area contributed by atoms with Gasteiger partial charge in [0.15, 0.2) is 0 Å². The molecule has 1 saturated heterocycles. The van der Waals surface area contributed by atoms with Gasteiger partial charge in [-0.25, -0.2) is 0 Å². The predicted octanol–water partition coefficient (Wildman–Crippen LogP) is 2.24. The van der Waals surface area contributed by atoms with Crippen LogP contribution in [0.25, 0.3) is 0 Å². The van der Waals surface area contributed by atoms with Crippen molar-refractivity contribution < 1.29 is 0 Å². The van der Waals surface area contributed by atoms with Crippen molar-refractivity contribution in [3.63, 3.8) is 0 Å². The molecule has 0 aromatic rings. The number of rotatable bonds is 0. The maximum absolute atomic E-state index is 6.00. The minimum absolute atomic E-state index is 0. The monoisotopic (exact) mass is 240 g/mol. The van der Waals surface area contributed by atoms with E-state index < -0.39 is 0 Å². The number of nitrogens with two attached hydrogens (primary N) is 1. The van der Waals surface area contributed by atoms with E-state index in [9.17, 15) is 0 Å². The molecule has 1 atom stereocenters. The highest BCUT2D eigenvalue weighted by atomic mass is 35.5. The molecular weight excluding hydrogens is 219 g/mol. The first-order valence-electron chi connectivity index (χ1n) is 5.31. The quantitative estimate of drug-likeness (QED) is 0.682. The summed E-state index contributed by atoms with van der Waals surface area (Å²) in [7, 11) is 0. The van der Waals surface area contributed by atoms with Crippen molar-refractivity contribution in [1.82, 2.24) is 5.32 Å². The molecule has 2 fully saturated rings. The Morgan fingerprint density at radius 3 is 2.29 bits per heavy atom. The van der Waals surface area contributed by atoms with E-state index in [2.05, 4.69) is 5.32 Å². The highest BCUT2D eigenvalue weighted by molar-refractivity contribution is 5.85. The van der Waals surface area contributed by atoms with E-state index in [1.165, 1.54) is 44.9 Å². The third kappa shape index (κ3) is 3.27. The molecule has 0 bridgehead atoms. The summed E-state index contributed by atoms with van der Waals surface area (Å²) in [4.78, 5) is 0. The van der Waals surface area contributed by atoms with Crippen LogP contribution in [0.1, 0.15) is 44.9 Å². The molecule has 0 aromatic carbocycles. The Bertz CT molecular complexity index is 153. The zero-order valence-corrected chi connectivity index (χ0v) is 10.3. The molecule has 1 heterocycles. The smallest absolute Gasteiger partial charge is 0.0196 e. The summed E-state index contributed by atoms with van der Waals surface area (Å²) in [6, 6.07) is 0.462. The average molecular weight is 241 g/mol. The second kappa shape index (κ2) is 6.16. The third-order valence-electron chi connectivity index (χ3n) is 3.48. The summed E-state index contributed by atoms with van der Waals surface area (Å²) in [6.07, 6.45) is 9.34. The number of hydrogen-bond acceptors (Lipinski definition) is 2. The first-order valence-corrected chi connectivity index (χ1v) is 5.31. The molecule has 1 aliphatic heterocycles. The lowest BCUT2D eigenvalue weighted by molar-refractivity contribution is 0.170. The lowest BCUT2D eigenvalue weighted by atomic mass is 9.75. The van der Waals surface area contributed by atoms with E-state index in [-0.39, 0.29) is 24.8 Å². The van der Waals surface area contributed by atoms with E-state index in [0.717, 1.165) is 6.54 Å². The molecule has 3 N–H and O–H groups in total. The molecule has 1 spiro atoms. The van der Waals surface area contributed by atoms with E-state index in [4.69, 9.17) is 5.73 Å². The summed E-state index contributed by atoms with van der Waals surface area (Å²) >= 11 is 0. The van der Waals surface area contributed by atoms with Crippen molar-refractivity contribution in [2.45, 2.75) is 56.5 Å². The summed E-state index contributed by atoms with van der Waals surface area (Å²) in [6.45, 7) is 1.14. The molecule has 86 valence electrons. The van der Waals surface area contributed by atoms with Gasteiger partial charge in [0.05, 0.1) is 0 Å². The van der Waals surface area contributed by atoms with Crippen LogP contribution in [0.5, 0.6) is 0 Å². The van der Waals surface area contributed by atoms with Gasteiger partial charge in [-0.05, 0) is 32.2 Å². The topological polar surface area (TPSA) is 38.0 Å². The lowest BCUT2D eigenvalue weighted by Crippen LogP contribution is -2.55. The van der Waals surface area contributed by atoms with E-state index in [1.807, 2.05) is 0 Å². The van der Waals surface area contributed by atoms with Crippen molar-refractivity contribution >= 4 is 24.8 Å². The molecule has 2 aliphatic rings. The average Bonchev–Trinajstić information content (AvgIpc) is 2.05. The zero-order valence-electron chi connectivity index (χ0n) is 8.63. The molecule has 0 amide bonds. The van der Waals surface area contributed by atoms with Gasteiger partial charge in [-0.15, -0.1) is 24.8 Å². The van der Waals surface area contributed by atoms with Crippen LogP contribution in [0.15, 0.2) is 0 Å². The molecule has 0 radical (unpaired) electrons. The minimum Gasteiger partial charge on any atom is -0.328 e. The summed E-state index contributed by atoms with van der Waals surface area (Å²) < 4.78 is 0. The van der Waals surface area contributed by atoms with Crippen LogP contribution in [0.2, 0.25) is 0 Å². The second-order valence-electron chi connectivity index (χ2n) is 4.52. The largest absolute Gasteiger partial charge is 0.328 e. The van der Waals surface area contributed by atoms with Gasteiger partial charge in [0.2, 0.25) is 0 Å². The van der Waals surface area contributed by atoms with Gasteiger partial charge in [0.1, 0.15) is 0 Å². The van der Waals surface area contributed by atoms with Crippen molar-refractivity contribution in [1.29, 1.82) is 0 Å². The molecule has 2 nitrogen and oxygen atoms in total. The number of halogens is 2. The molecule has 14 heavy (non-hydrogen) atoms. The zero-order chi connectivity index (χ0) is 8.44. The van der Waals surface area contributed by atoms with Gasteiger partial charge in [0.25, 0.3) is 0 Å². The Morgan fingerprint density at radius 1 is 1.07 bits per heavy atom. The lowest BCUT2D eigenvalue weighted by Gasteiger charge is -2.43. The summed E-state index contributed by atoms with van der Waals surface area (Å²) in [5.41, 5.74) is 6.45. The Labute approximate surface area is 99.2 Å². The van der Waals surface area contributed by atoms with Crippen LogP contribution in [0.3, 0.4) is 0 Å². The summed E-state index contributed by atoms with van der Waals surface area (Å²) in [5, 5.41) is 3.68. The fourth-order valence-electron chi connectivity index (χ4n) is 2.81. The first-order chi connectivity index (χ1) is 5.81.